The first-order valence-electron chi connectivity index (χ1n) is 4.18. The van der Waals surface area contributed by atoms with Gasteiger partial charge in [0.05, 0.1) is 5.02 Å². The highest BCUT2D eigenvalue weighted by molar-refractivity contribution is 6.31. The van der Waals surface area contributed by atoms with E-state index in [0.29, 0.717) is 5.69 Å². The van der Waals surface area contributed by atoms with Crippen LogP contribution in [0.15, 0.2) is 18.2 Å². The van der Waals surface area contributed by atoms with E-state index in [1.807, 2.05) is 0 Å². The van der Waals surface area contributed by atoms with Gasteiger partial charge in [0.1, 0.15) is 11.9 Å². The number of benzene rings is 1. The van der Waals surface area contributed by atoms with Crippen LogP contribution in [0, 0.1) is 5.82 Å². The average molecular weight is 233 g/mol. The first-order chi connectivity index (χ1) is 7.00. The van der Waals surface area contributed by atoms with Crippen molar-refractivity contribution in [1.82, 2.24) is 0 Å². The summed E-state index contributed by atoms with van der Waals surface area (Å²) in [5.74, 6) is -1.62. The van der Waals surface area contributed by atoms with Crippen molar-refractivity contribution in [2.24, 2.45) is 5.73 Å². The molecule has 0 saturated carbocycles. The first kappa shape index (κ1) is 11.7. The van der Waals surface area contributed by atoms with Crippen LogP contribution in [0.3, 0.4) is 0 Å². The largest absolute Gasteiger partial charge is 0.480 e. The summed E-state index contributed by atoms with van der Waals surface area (Å²) in [5, 5.41) is 11.2. The summed E-state index contributed by atoms with van der Waals surface area (Å²) in [4.78, 5) is 10.4. The highest BCUT2D eigenvalue weighted by Crippen LogP contribution is 2.19. The van der Waals surface area contributed by atoms with E-state index in [2.05, 4.69) is 5.32 Å². The quantitative estimate of drug-likeness (QED) is 0.732. The Hall–Kier alpha value is -1.33. The minimum Gasteiger partial charge on any atom is -0.480 e. The highest BCUT2D eigenvalue weighted by Gasteiger charge is 2.10. The summed E-state index contributed by atoms with van der Waals surface area (Å²) in [6.45, 7) is 0.0529. The van der Waals surface area contributed by atoms with Gasteiger partial charge >= 0.3 is 5.97 Å². The standard InChI is InChI=1S/C9H10ClFN2O2/c10-6-3-5(1-2-7(6)11)13-4-8(12)9(14)15/h1-3,8,13H,4,12H2,(H,14,15). The highest BCUT2D eigenvalue weighted by atomic mass is 35.5. The van der Waals surface area contributed by atoms with Crippen molar-refractivity contribution in [3.05, 3.63) is 29.0 Å². The summed E-state index contributed by atoms with van der Waals surface area (Å²) in [6.07, 6.45) is 0. The van der Waals surface area contributed by atoms with E-state index in [4.69, 9.17) is 22.4 Å². The number of anilines is 1. The molecule has 0 heterocycles. The molecule has 1 aromatic carbocycles. The van der Waals surface area contributed by atoms with E-state index >= 15 is 0 Å². The number of nitrogens with two attached hydrogens (primary N) is 1. The molecule has 1 unspecified atom stereocenters. The van der Waals surface area contributed by atoms with Crippen molar-refractivity contribution in [2.45, 2.75) is 6.04 Å². The Balaban J connectivity index is 2.58. The Labute approximate surface area is 90.8 Å². The molecule has 4 N–H and O–H groups in total. The predicted octanol–water partition coefficient (Wildman–Crippen LogP) is 1.30. The van der Waals surface area contributed by atoms with Crippen LogP contribution in [0.5, 0.6) is 0 Å². The number of carboxylic acid groups (broad SMARTS) is 1. The Bertz CT molecular complexity index is 373. The van der Waals surface area contributed by atoms with Gasteiger partial charge in [0, 0.05) is 12.2 Å². The van der Waals surface area contributed by atoms with Crippen LogP contribution in [0.2, 0.25) is 5.02 Å². The minimum atomic E-state index is -1.10. The van der Waals surface area contributed by atoms with E-state index in [1.54, 1.807) is 0 Å². The molecule has 0 aliphatic carbocycles. The Morgan fingerprint density at radius 3 is 2.87 bits per heavy atom. The van der Waals surface area contributed by atoms with Crippen molar-refractivity contribution in [3.8, 4) is 0 Å². The van der Waals surface area contributed by atoms with Crippen molar-refractivity contribution in [3.63, 3.8) is 0 Å². The molecule has 82 valence electrons. The number of aliphatic carboxylic acids is 1. The normalized spacial score (nSPS) is 12.2. The van der Waals surface area contributed by atoms with Gasteiger partial charge in [-0.15, -0.1) is 0 Å². The van der Waals surface area contributed by atoms with Crippen LogP contribution in [-0.4, -0.2) is 23.7 Å². The number of carbonyl (C=O) groups is 1. The van der Waals surface area contributed by atoms with Gasteiger partial charge in [-0.2, -0.15) is 0 Å². The van der Waals surface area contributed by atoms with Crippen LogP contribution in [0.4, 0.5) is 10.1 Å². The number of hydrogen-bond donors (Lipinski definition) is 3. The summed E-state index contributed by atoms with van der Waals surface area (Å²) in [7, 11) is 0. The molecule has 0 saturated heterocycles. The fraction of sp³-hybridized carbons (Fsp3) is 0.222. The van der Waals surface area contributed by atoms with Gasteiger partial charge in [-0.25, -0.2) is 4.39 Å². The number of carboxylic acids is 1. The second kappa shape index (κ2) is 4.95. The number of rotatable bonds is 4. The lowest BCUT2D eigenvalue weighted by molar-refractivity contribution is -0.138. The van der Waals surface area contributed by atoms with Gasteiger partial charge in [0.25, 0.3) is 0 Å². The topological polar surface area (TPSA) is 75.3 Å². The molecule has 0 aliphatic heterocycles. The lowest BCUT2D eigenvalue weighted by atomic mass is 10.2. The van der Waals surface area contributed by atoms with Gasteiger partial charge in [0.15, 0.2) is 0 Å². The molecule has 1 atom stereocenters. The maximum atomic E-state index is 12.7. The maximum Gasteiger partial charge on any atom is 0.322 e. The van der Waals surface area contributed by atoms with E-state index in [1.165, 1.54) is 18.2 Å². The molecule has 6 heteroatoms. The van der Waals surface area contributed by atoms with E-state index in [-0.39, 0.29) is 11.6 Å². The van der Waals surface area contributed by atoms with Gasteiger partial charge in [-0.05, 0) is 18.2 Å². The fourth-order valence-electron chi connectivity index (χ4n) is 0.921. The molecule has 4 nitrogen and oxygen atoms in total. The second-order valence-electron chi connectivity index (χ2n) is 2.95. The molecule has 0 amide bonds. The summed E-state index contributed by atoms with van der Waals surface area (Å²) in [6, 6.07) is 3.01. The van der Waals surface area contributed by atoms with E-state index in [0.717, 1.165) is 0 Å². The molecule has 1 aromatic rings. The lowest BCUT2D eigenvalue weighted by Crippen LogP contribution is -2.36. The summed E-state index contributed by atoms with van der Waals surface area (Å²) in [5.41, 5.74) is 5.79. The zero-order valence-electron chi connectivity index (χ0n) is 7.71. The van der Waals surface area contributed by atoms with Gasteiger partial charge in [-0.1, -0.05) is 11.6 Å². The molecule has 0 bridgehead atoms. The third kappa shape index (κ3) is 3.38. The number of halogens is 2. The number of hydrogen-bond acceptors (Lipinski definition) is 3. The van der Waals surface area contributed by atoms with Gasteiger partial charge in [-0.3, -0.25) is 4.79 Å². The molecular weight excluding hydrogens is 223 g/mol. The second-order valence-corrected chi connectivity index (χ2v) is 3.36. The third-order valence-electron chi connectivity index (χ3n) is 1.76. The van der Waals surface area contributed by atoms with Crippen LogP contribution in [0.1, 0.15) is 0 Å². The molecule has 0 aromatic heterocycles. The Kier molecular flexibility index (Phi) is 3.88. The zero-order valence-corrected chi connectivity index (χ0v) is 8.46. The van der Waals surface area contributed by atoms with Crippen LogP contribution in [0.25, 0.3) is 0 Å². The third-order valence-corrected chi connectivity index (χ3v) is 2.05. The van der Waals surface area contributed by atoms with Crippen molar-refractivity contribution in [2.75, 3.05) is 11.9 Å². The summed E-state index contributed by atoms with van der Waals surface area (Å²) >= 11 is 5.53. The maximum absolute atomic E-state index is 12.7. The predicted molar refractivity (Wildman–Crippen MR) is 55.5 cm³/mol. The van der Waals surface area contributed by atoms with E-state index < -0.39 is 17.8 Å². The SMILES string of the molecule is NC(CNc1ccc(F)c(Cl)c1)C(=O)O. The monoisotopic (exact) mass is 232 g/mol. The first-order valence-corrected chi connectivity index (χ1v) is 4.56. The van der Waals surface area contributed by atoms with Crippen molar-refractivity contribution < 1.29 is 14.3 Å². The van der Waals surface area contributed by atoms with Crippen LogP contribution >= 0.6 is 11.6 Å². The molecule has 0 fully saturated rings. The molecule has 1 rings (SSSR count). The molecule has 0 spiro atoms. The lowest BCUT2D eigenvalue weighted by Gasteiger charge is -2.09. The Morgan fingerprint density at radius 1 is 1.67 bits per heavy atom. The van der Waals surface area contributed by atoms with Crippen molar-refractivity contribution >= 4 is 23.3 Å². The zero-order chi connectivity index (χ0) is 11.4. The van der Waals surface area contributed by atoms with Crippen molar-refractivity contribution in [1.29, 1.82) is 0 Å². The average Bonchev–Trinajstić information content (AvgIpc) is 2.19. The molecule has 0 radical (unpaired) electrons. The molecular formula is C9H10ClFN2O2. The molecule has 0 aliphatic rings. The minimum absolute atomic E-state index is 0.0242. The molecule has 15 heavy (non-hydrogen) atoms. The summed E-state index contributed by atoms with van der Waals surface area (Å²) < 4.78 is 12.7. The van der Waals surface area contributed by atoms with Gasteiger partial charge < -0.3 is 16.2 Å². The number of nitrogens with one attached hydrogen (secondary N) is 1. The van der Waals surface area contributed by atoms with E-state index in [9.17, 15) is 9.18 Å². The smallest absolute Gasteiger partial charge is 0.322 e. The Morgan fingerprint density at radius 2 is 2.33 bits per heavy atom. The van der Waals surface area contributed by atoms with Crippen LogP contribution < -0.4 is 11.1 Å². The van der Waals surface area contributed by atoms with Gasteiger partial charge in [0.2, 0.25) is 0 Å². The fourth-order valence-corrected chi connectivity index (χ4v) is 1.10. The van der Waals surface area contributed by atoms with Crippen LogP contribution in [-0.2, 0) is 4.79 Å².